The molecule has 2 aromatic heterocycles. The number of H-pyrrole nitrogens is 1. The minimum atomic E-state index is -0.570. The molecule has 1 fully saturated rings. The number of carbonyl (C=O) groups is 2. The lowest BCUT2D eigenvalue weighted by molar-refractivity contribution is 0.0602. The number of nitrogens with one attached hydrogen (secondary N) is 2. The van der Waals surface area contributed by atoms with Crippen molar-refractivity contribution in [2.24, 2.45) is 0 Å². The van der Waals surface area contributed by atoms with Crippen LogP contribution in [0.15, 0.2) is 53.5 Å². The van der Waals surface area contributed by atoms with E-state index in [4.69, 9.17) is 9.47 Å². The molecular formula is C23H21N5O5. The molecule has 0 saturated carbocycles. The first-order valence-electron chi connectivity index (χ1n) is 10.4. The Hall–Kier alpha value is -4.18. The lowest BCUT2D eigenvalue weighted by Crippen LogP contribution is -2.36. The van der Waals surface area contributed by atoms with E-state index >= 15 is 0 Å². The number of amides is 1. The highest BCUT2D eigenvalue weighted by atomic mass is 16.5. The summed E-state index contributed by atoms with van der Waals surface area (Å²) in [5.41, 5.74) is 2.06. The molecule has 168 valence electrons. The smallest absolute Gasteiger partial charge is 0.340 e. The van der Waals surface area contributed by atoms with E-state index in [9.17, 15) is 14.4 Å². The molecular weight excluding hydrogens is 426 g/mol. The molecule has 0 spiro atoms. The Labute approximate surface area is 187 Å². The molecule has 0 atom stereocenters. The number of anilines is 2. The van der Waals surface area contributed by atoms with Gasteiger partial charge >= 0.3 is 5.97 Å². The maximum atomic E-state index is 13.1. The lowest BCUT2D eigenvalue weighted by atomic mass is 10.1. The molecule has 1 aliphatic rings. The van der Waals surface area contributed by atoms with Crippen LogP contribution in [0.5, 0.6) is 0 Å². The molecule has 0 unspecified atom stereocenters. The third-order valence-electron chi connectivity index (χ3n) is 5.66. The summed E-state index contributed by atoms with van der Waals surface area (Å²) in [5, 5.41) is 7.50. The van der Waals surface area contributed by atoms with Crippen molar-refractivity contribution < 1.29 is 19.1 Å². The Morgan fingerprint density at radius 2 is 1.91 bits per heavy atom. The van der Waals surface area contributed by atoms with Gasteiger partial charge in [-0.15, -0.1) is 0 Å². The molecule has 0 bridgehead atoms. The number of hydrogen-bond acceptors (Lipinski definition) is 7. The van der Waals surface area contributed by atoms with Crippen molar-refractivity contribution >= 4 is 39.8 Å². The van der Waals surface area contributed by atoms with Crippen LogP contribution in [0.3, 0.4) is 0 Å². The minimum Gasteiger partial charge on any atom is -0.465 e. The van der Waals surface area contributed by atoms with Crippen molar-refractivity contribution in [3.63, 3.8) is 0 Å². The molecule has 1 saturated heterocycles. The van der Waals surface area contributed by atoms with Crippen LogP contribution < -0.4 is 15.8 Å². The Bertz CT molecular complexity index is 1430. The number of benzene rings is 2. The van der Waals surface area contributed by atoms with Gasteiger partial charge in [-0.1, -0.05) is 12.1 Å². The predicted molar refractivity (Wildman–Crippen MR) is 122 cm³/mol. The number of rotatable bonds is 4. The second-order valence-corrected chi connectivity index (χ2v) is 7.56. The number of ether oxygens (including phenoxy) is 2. The Morgan fingerprint density at radius 1 is 1.12 bits per heavy atom. The van der Waals surface area contributed by atoms with Gasteiger partial charge in [0.2, 0.25) is 0 Å². The molecule has 1 amide bonds. The average molecular weight is 447 g/mol. The fourth-order valence-electron chi connectivity index (χ4n) is 3.97. The van der Waals surface area contributed by atoms with Gasteiger partial charge in [0.15, 0.2) is 0 Å². The van der Waals surface area contributed by atoms with Gasteiger partial charge in [0.25, 0.3) is 11.5 Å². The molecule has 10 heteroatoms. The van der Waals surface area contributed by atoms with E-state index in [2.05, 4.69) is 20.3 Å². The standard InChI is InChI=1S/C23H21N5O5/c1-32-23(31)16-12-14(27-8-10-33-11-9-27)6-7-18(16)25-22(30)17-13-24-28-19-5-3-2-4-15(19)21(29)26-20(17)28/h2-7,12-13H,8-11H2,1H3,(H,25,30)(H,26,29). The summed E-state index contributed by atoms with van der Waals surface area (Å²) in [5.74, 6) is -1.08. The van der Waals surface area contributed by atoms with Crippen molar-refractivity contribution in [1.29, 1.82) is 0 Å². The number of esters is 1. The van der Waals surface area contributed by atoms with Gasteiger partial charge in [-0.3, -0.25) is 9.59 Å². The molecule has 5 rings (SSSR count). The lowest BCUT2D eigenvalue weighted by Gasteiger charge is -2.29. The third kappa shape index (κ3) is 3.70. The van der Waals surface area contributed by atoms with E-state index in [-0.39, 0.29) is 22.3 Å². The molecule has 1 aliphatic heterocycles. The maximum absolute atomic E-state index is 13.1. The van der Waals surface area contributed by atoms with Gasteiger partial charge in [0.05, 0.1) is 48.7 Å². The first-order chi connectivity index (χ1) is 16.1. The summed E-state index contributed by atoms with van der Waals surface area (Å²) in [7, 11) is 1.29. The maximum Gasteiger partial charge on any atom is 0.340 e. The van der Waals surface area contributed by atoms with Crippen LogP contribution >= 0.6 is 0 Å². The normalized spacial score (nSPS) is 13.9. The van der Waals surface area contributed by atoms with Gasteiger partial charge in [-0.2, -0.15) is 5.10 Å². The summed E-state index contributed by atoms with van der Waals surface area (Å²) >= 11 is 0. The van der Waals surface area contributed by atoms with Crippen molar-refractivity contribution in [2.75, 3.05) is 43.6 Å². The highest BCUT2D eigenvalue weighted by Gasteiger charge is 2.21. The molecule has 0 aliphatic carbocycles. The largest absolute Gasteiger partial charge is 0.465 e. The van der Waals surface area contributed by atoms with Crippen LogP contribution in [0.1, 0.15) is 20.7 Å². The molecule has 33 heavy (non-hydrogen) atoms. The monoisotopic (exact) mass is 447 g/mol. The van der Waals surface area contributed by atoms with Gasteiger partial charge in [0.1, 0.15) is 11.2 Å². The molecule has 2 N–H and O–H groups in total. The fraction of sp³-hybridized carbons (Fsp3) is 0.217. The number of aromatic nitrogens is 3. The predicted octanol–water partition coefficient (Wildman–Crippen LogP) is 2.05. The zero-order valence-electron chi connectivity index (χ0n) is 17.8. The Balaban J connectivity index is 1.51. The van der Waals surface area contributed by atoms with Crippen LogP contribution in [0.25, 0.3) is 16.6 Å². The number of fused-ring (bicyclic) bond motifs is 3. The SMILES string of the molecule is COC(=O)c1cc(N2CCOCC2)ccc1NC(=O)c1cnn2c1[nH]c(=O)c1ccccc12. The van der Waals surface area contributed by atoms with Crippen LogP contribution in [0.4, 0.5) is 11.4 Å². The summed E-state index contributed by atoms with van der Waals surface area (Å²) < 4.78 is 11.8. The number of para-hydroxylation sites is 1. The number of aromatic amines is 1. The number of nitrogens with zero attached hydrogens (tertiary/aromatic N) is 3. The van der Waals surface area contributed by atoms with E-state index < -0.39 is 11.9 Å². The van der Waals surface area contributed by atoms with Gasteiger partial charge < -0.3 is 24.7 Å². The van der Waals surface area contributed by atoms with Crippen LogP contribution in [0, 0.1) is 0 Å². The zero-order chi connectivity index (χ0) is 22.9. The van der Waals surface area contributed by atoms with Crippen molar-refractivity contribution in [2.45, 2.75) is 0 Å². The van der Waals surface area contributed by atoms with Gasteiger partial charge in [-0.05, 0) is 30.3 Å². The van der Waals surface area contributed by atoms with Crippen LogP contribution in [-0.2, 0) is 9.47 Å². The van der Waals surface area contributed by atoms with E-state index in [1.54, 1.807) is 36.4 Å². The number of morpholine rings is 1. The number of methoxy groups -OCH3 is 1. The quantitative estimate of drug-likeness (QED) is 0.460. The molecule has 0 radical (unpaired) electrons. The summed E-state index contributed by atoms with van der Waals surface area (Å²) in [4.78, 5) is 42.9. The minimum absolute atomic E-state index is 0.172. The second-order valence-electron chi connectivity index (χ2n) is 7.56. The van der Waals surface area contributed by atoms with Crippen molar-refractivity contribution in [1.82, 2.24) is 14.6 Å². The second kappa shape index (κ2) is 8.40. The van der Waals surface area contributed by atoms with Gasteiger partial charge in [-0.25, -0.2) is 9.31 Å². The number of carbonyl (C=O) groups excluding carboxylic acids is 2. The zero-order valence-corrected chi connectivity index (χ0v) is 17.8. The van der Waals surface area contributed by atoms with Crippen molar-refractivity contribution in [3.05, 3.63) is 70.1 Å². The number of hydrogen-bond donors (Lipinski definition) is 2. The first kappa shape index (κ1) is 20.7. The molecule has 3 heterocycles. The third-order valence-corrected chi connectivity index (χ3v) is 5.66. The summed E-state index contributed by atoms with van der Waals surface area (Å²) in [6.07, 6.45) is 1.38. The topological polar surface area (TPSA) is 118 Å². The van der Waals surface area contributed by atoms with E-state index in [0.29, 0.717) is 42.9 Å². The van der Waals surface area contributed by atoms with E-state index in [0.717, 1.165) is 5.69 Å². The summed E-state index contributed by atoms with van der Waals surface area (Å²) in [6.45, 7) is 2.62. The van der Waals surface area contributed by atoms with E-state index in [1.165, 1.54) is 17.8 Å². The van der Waals surface area contributed by atoms with Crippen molar-refractivity contribution in [3.8, 4) is 0 Å². The Morgan fingerprint density at radius 3 is 2.70 bits per heavy atom. The molecule has 2 aromatic carbocycles. The van der Waals surface area contributed by atoms with Gasteiger partial charge in [0, 0.05) is 18.8 Å². The summed E-state index contributed by atoms with van der Waals surface area (Å²) in [6, 6.07) is 12.2. The molecule has 10 nitrogen and oxygen atoms in total. The van der Waals surface area contributed by atoms with Crippen LogP contribution in [-0.4, -0.2) is 59.9 Å². The first-order valence-corrected chi connectivity index (χ1v) is 10.4. The average Bonchev–Trinajstić information content (AvgIpc) is 3.28. The molecule has 4 aromatic rings. The fourth-order valence-corrected chi connectivity index (χ4v) is 3.97. The highest BCUT2D eigenvalue weighted by Crippen LogP contribution is 2.26. The highest BCUT2D eigenvalue weighted by molar-refractivity contribution is 6.11. The van der Waals surface area contributed by atoms with E-state index in [1.807, 2.05) is 6.07 Å². The Kier molecular flexibility index (Phi) is 5.27. The van der Waals surface area contributed by atoms with Crippen LogP contribution in [0.2, 0.25) is 0 Å².